The van der Waals surface area contributed by atoms with Crippen LogP contribution in [0, 0.1) is 0 Å². The molecule has 2 N–H and O–H groups in total. The largest absolute Gasteiger partial charge is 0.464 e. The second-order valence-corrected chi connectivity index (χ2v) is 4.96. The predicted molar refractivity (Wildman–Crippen MR) is 78.6 cm³/mol. The molecule has 2 rings (SSSR count). The molecule has 0 radical (unpaired) electrons. The van der Waals surface area contributed by atoms with Crippen molar-refractivity contribution in [2.24, 2.45) is 0 Å². The number of nitrogens with one attached hydrogen (secondary N) is 2. The Kier molecular flexibility index (Phi) is 5.65. The Bertz CT molecular complexity index is 514. The Morgan fingerprint density at radius 2 is 2.27 bits per heavy atom. The summed E-state index contributed by atoms with van der Waals surface area (Å²) in [5.41, 5.74) is 0.0826. The lowest BCUT2D eigenvalue weighted by atomic mass is 10.1. The molecule has 0 unspecified atom stereocenters. The van der Waals surface area contributed by atoms with Crippen LogP contribution in [0.15, 0.2) is 12.1 Å². The lowest BCUT2D eigenvalue weighted by Gasteiger charge is -2.22. The number of amides is 2. The van der Waals surface area contributed by atoms with Crippen LogP contribution in [0.5, 0.6) is 0 Å². The third-order valence-electron chi connectivity index (χ3n) is 3.47. The SMILES string of the molecule is CC[C@@H](NC(=O)Nc1ccc(C(=O)OC)nn1)[C@H]1CCCO1. The number of hydrogen-bond donors (Lipinski definition) is 2. The fourth-order valence-corrected chi connectivity index (χ4v) is 2.31. The summed E-state index contributed by atoms with van der Waals surface area (Å²) in [7, 11) is 1.26. The molecule has 0 aromatic carbocycles. The molecule has 1 aromatic heterocycles. The Hall–Kier alpha value is -2.22. The number of rotatable bonds is 5. The second kappa shape index (κ2) is 7.69. The van der Waals surface area contributed by atoms with E-state index in [-0.39, 0.29) is 29.7 Å². The summed E-state index contributed by atoms with van der Waals surface area (Å²) >= 11 is 0. The molecule has 120 valence electrons. The zero-order chi connectivity index (χ0) is 15.9. The van der Waals surface area contributed by atoms with E-state index in [4.69, 9.17) is 4.74 Å². The third kappa shape index (κ3) is 4.14. The van der Waals surface area contributed by atoms with Crippen molar-refractivity contribution in [3.63, 3.8) is 0 Å². The lowest BCUT2D eigenvalue weighted by Crippen LogP contribution is -2.44. The third-order valence-corrected chi connectivity index (χ3v) is 3.47. The molecular weight excluding hydrogens is 288 g/mol. The fourth-order valence-electron chi connectivity index (χ4n) is 2.31. The van der Waals surface area contributed by atoms with Gasteiger partial charge >= 0.3 is 12.0 Å². The van der Waals surface area contributed by atoms with E-state index in [1.807, 2.05) is 6.92 Å². The molecule has 0 spiro atoms. The van der Waals surface area contributed by atoms with Crippen molar-refractivity contribution in [3.05, 3.63) is 17.8 Å². The Balaban J connectivity index is 1.89. The molecule has 8 nitrogen and oxygen atoms in total. The van der Waals surface area contributed by atoms with Crippen molar-refractivity contribution >= 4 is 17.8 Å². The average Bonchev–Trinajstić information content (AvgIpc) is 3.06. The normalized spacial score (nSPS) is 18.5. The lowest BCUT2D eigenvalue weighted by molar-refractivity contribution is 0.0592. The Labute approximate surface area is 128 Å². The minimum atomic E-state index is -0.576. The van der Waals surface area contributed by atoms with Gasteiger partial charge in [-0.3, -0.25) is 5.32 Å². The predicted octanol–water partition coefficient (Wildman–Crippen LogP) is 1.34. The van der Waals surface area contributed by atoms with Gasteiger partial charge in [0.25, 0.3) is 0 Å². The maximum absolute atomic E-state index is 12.0. The van der Waals surface area contributed by atoms with E-state index in [9.17, 15) is 9.59 Å². The standard InChI is InChI=1S/C14H20N4O4/c1-3-9(11-5-4-8-22-11)15-14(20)16-12-7-6-10(17-18-12)13(19)21-2/h6-7,9,11H,3-5,8H2,1-2H3,(H2,15,16,18,20)/t9-,11-/m1/s1. The van der Waals surface area contributed by atoms with Crippen LogP contribution >= 0.6 is 0 Å². The van der Waals surface area contributed by atoms with Gasteiger partial charge in [-0.05, 0) is 31.4 Å². The van der Waals surface area contributed by atoms with Gasteiger partial charge in [-0.1, -0.05) is 6.92 Å². The van der Waals surface area contributed by atoms with E-state index >= 15 is 0 Å². The number of anilines is 1. The van der Waals surface area contributed by atoms with E-state index in [1.165, 1.54) is 19.2 Å². The van der Waals surface area contributed by atoms with Gasteiger partial charge in [0.2, 0.25) is 0 Å². The molecule has 1 fully saturated rings. The van der Waals surface area contributed by atoms with Crippen molar-refractivity contribution in [2.75, 3.05) is 19.0 Å². The van der Waals surface area contributed by atoms with Crippen LogP contribution in [0.3, 0.4) is 0 Å². The van der Waals surface area contributed by atoms with Crippen LogP contribution in [-0.2, 0) is 9.47 Å². The Morgan fingerprint density at radius 1 is 1.45 bits per heavy atom. The highest BCUT2D eigenvalue weighted by molar-refractivity contribution is 5.89. The summed E-state index contributed by atoms with van der Waals surface area (Å²) < 4.78 is 10.1. The van der Waals surface area contributed by atoms with Gasteiger partial charge in [0, 0.05) is 6.61 Å². The van der Waals surface area contributed by atoms with E-state index in [0.717, 1.165) is 25.9 Å². The molecule has 2 amide bonds. The number of carbonyl (C=O) groups excluding carboxylic acids is 2. The van der Waals surface area contributed by atoms with Gasteiger partial charge < -0.3 is 14.8 Å². The van der Waals surface area contributed by atoms with Crippen molar-refractivity contribution in [1.82, 2.24) is 15.5 Å². The summed E-state index contributed by atoms with van der Waals surface area (Å²) in [6.45, 7) is 2.74. The molecule has 2 heterocycles. The molecule has 1 aliphatic rings. The highest BCUT2D eigenvalue weighted by Crippen LogP contribution is 2.17. The van der Waals surface area contributed by atoms with E-state index in [1.54, 1.807) is 0 Å². The first kappa shape index (κ1) is 16.2. The first-order valence-corrected chi connectivity index (χ1v) is 7.25. The molecule has 8 heteroatoms. The molecule has 1 saturated heterocycles. The molecule has 1 aliphatic heterocycles. The van der Waals surface area contributed by atoms with Gasteiger partial charge in [0.15, 0.2) is 11.5 Å². The number of hydrogen-bond acceptors (Lipinski definition) is 6. The maximum Gasteiger partial charge on any atom is 0.358 e. The number of esters is 1. The van der Waals surface area contributed by atoms with Crippen molar-refractivity contribution in [3.8, 4) is 0 Å². The van der Waals surface area contributed by atoms with E-state index in [0.29, 0.717) is 0 Å². The van der Waals surface area contributed by atoms with Crippen molar-refractivity contribution < 1.29 is 19.1 Å². The Morgan fingerprint density at radius 3 is 2.82 bits per heavy atom. The second-order valence-electron chi connectivity index (χ2n) is 4.96. The van der Waals surface area contributed by atoms with Crippen LogP contribution in [0.25, 0.3) is 0 Å². The summed E-state index contributed by atoms with van der Waals surface area (Å²) in [6.07, 6.45) is 2.81. The van der Waals surface area contributed by atoms with Gasteiger partial charge in [-0.15, -0.1) is 10.2 Å². The molecule has 2 atom stereocenters. The number of ether oxygens (including phenoxy) is 2. The molecule has 0 saturated carbocycles. The first-order chi connectivity index (χ1) is 10.6. The molecule has 1 aromatic rings. The average molecular weight is 308 g/mol. The maximum atomic E-state index is 12.0. The number of carbonyl (C=O) groups is 2. The van der Waals surface area contributed by atoms with Crippen molar-refractivity contribution in [2.45, 2.75) is 38.3 Å². The molecule has 22 heavy (non-hydrogen) atoms. The van der Waals surface area contributed by atoms with Gasteiger partial charge in [-0.2, -0.15) is 0 Å². The number of nitrogens with zero attached hydrogens (tertiary/aromatic N) is 2. The number of methoxy groups -OCH3 is 1. The smallest absolute Gasteiger partial charge is 0.358 e. The van der Waals surface area contributed by atoms with E-state index in [2.05, 4.69) is 25.6 Å². The quantitative estimate of drug-likeness (QED) is 0.796. The highest BCUT2D eigenvalue weighted by atomic mass is 16.5. The van der Waals surface area contributed by atoms with Gasteiger partial charge in [-0.25, -0.2) is 9.59 Å². The van der Waals surface area contributed by atoms with Crippen LogP contribution < -0.4 is 10.6 Å². The van der Waals surface area contributed by atoms with Gasteiger partial charge in [0.1, 0.15) is 0 Å². The molecular formula is C14H20N4O4. The topological polar surface area (TPSA) is 102 Å². The number of urea groups is 1. The zero-order valence-electron chi connectivity index (χ0n) is 12.7. The first-order valence-electron chi connectivity index (χ1n) is 7.25. The highest BCUT2D eigenvalue weighted by Gasteiger charge is 2.26. The zero-order valence-corrected chi connectivity index (χ0v) is 12.7. The minimum Gasteiger partial charge on any atom is -0.464 e. The van der Waals surface area contributed by atoms with E-state index < -0.39 is 5.97 Å². The van der Waals surface area contributed by atoms with Crippen LogP contribution in [0.1, 0.15) is 36.7 Å². The molecule has 0 bridgehead atoms. The monoisotopic (exact) mass is 308 g/mol. The summed E-state index contributed by atoms with van der Waals surface area (Å²) in [6, 6.07) is 2.52. The summed E-state index contributed by atoms with van der Waals surface area (Å²) in [4.78, 5) is 23.2. The fraction of sp³-hybridized carbons (Fsp3) is 0.571. The summed E-state index contributed by atoms with van der Waals surface area (Å²) in [5.74, 6) is -0.319. The summed E-state index contributed by atoms with van der Waals surface area (Å²) in [5, 5.41) is 12.9. The minimum absolute atomic E-state index is 0.0372. The molecule has 0 aliphatic carbocycles. The number of aromatic nitrogens is 2. The van der Waals surface area contributed by atoms with Crippen LogP contribution in [0.2, 0.25) is 0 Å². The van der Waals surface area contributed by atoms with Crippen molar-refractivity contribution in [1.29, 1.82) is 0 Å². The van der Waals surface area contributed by atoms with Crippen LogP contribution in [-0.4, -0.2) is 48.1 Å². The van der Waals surface area contributed by atoms with Gasteiger partial charge in [0.05, 0.1) is 19.3 Å². The van der Waals surface area contributed by atoms with Crippen LogP contribution in [0.4, 0.5) is 10.6 Å².